The van der Waals surface area contributed by atoms with Gasteiger partial charge in [-0.05, 0) is 31.5 Å². The number of nitrogens with zero attached hydrogens (tertiary/aromatic N) is 1. The summed E-state index contributed by atoms with van der Waals surface area (Å²) in [6.07, 6.45) is 2.08. The van der Waals surface area contributed by atoms with Crippen LogP contribution in [-0.2, 0) is 0 Å². The Balaban J connectivity index is 2.18. The minimum absolute atomic E-state index is 0.0887. The standard InChI is InChI=1S/C13H15Cl3N2O/c1-18(9-3-2-4-17-7-9)13(19)8-5-10(14)12(16)11(15)6-8/h5-6,9,17H,2-4,7H2,1H3/t9-/m1/s1. The SMILES string of the molecule is CN(C(=O)c1cc(Cl)c(Cl)c(Cl)c1)[C@@H]1CCCNC1. The van der Waals surface area contributed by atoms with Gasteiger partial charge in [-0.15, -0.1) is 0 Å². The highest BCUT2D eigenvalue weighted by atomic mass is 35.5. The number of benzene rings is 1. The third-order valence-corrected chi connectivity index (χ3v) is 4.57. The Bertz CT molecular complexity index is 464. The molecule has 1 amide bonds. The fourth-order valence-electron chi connectivity index (χ4n) is 2.21. The second kappa shape index (κ2) is 6.31. The van der Waals surface area contributed by atoms with Gasteiger partial charge in [-0.25, -0.2) is 0 Å². The molecule has 1 aromatic carbocycles. The van der Waals surface area contributed by atoms with E-state index in [9.17, 15) is 4.79 Å². The second-order valence-electron chi connectivity index (χ2n) is 4.67. The first-order chi connectivity index (χ1) is 9.00. The first-order valence-corrected chi connectivity index (χ1v) is 7.26. The van der Waals surface area contributed by atoms with Crippen molar-refractivity contribution in [1.82, 2.24) is 10.2 Å². The van der Waals surface area contributed by atoms with Crippen molar-refractivity contribution in [3.05, 3.63) is 32.8 Å². The topological polar surface area (TPSA) is 32.3 Å². The normalized spacial score (nSPS) is 19.3. The molecule has 1 aliphatic rings. The number of carbonyl (C=O) groups is 1. The Morgan fingerprint density at radius 2 is 1.95 bits per heavy atom. The van der Waals surface area contributed by atoms with E-state index < -0.39 is 0 Å². The molecule has 0 unspecified atom stereocenters. The Labute approximate surface area is 127 Å². The van der Waals surface area contributed by atoms with E-state index >= 15 is 0 Å². The number of hydrogen-bond donors (Lipinski definition) is 1. The quantitative estimate of drug-likeness (QED) is 0.846. The minimum Gasteiger partial charge on any atom is -0.337 e. The summed E-state index contributed by atoms with van der Waals surface area (Å²) < 4.78 is 0. The first-order valence-electron chi connectivity index (χ1n) is 6.13. The number of rotatable bonds is 2. The molecule has 0 spiro atoms. The molecule has 6 heteroatoms. The molecular weight excluding hydrogens is 307 g/mol. The van der Waals surface area contributed by atoms with E-state index in [2.05, 4.69) is 5.32 Å². The summed E-state index contributed by atoms with van der Waals surface area (Å²) in [4.78, 5) is 14.1. The summed E-state index contributed by atoms with van der Waals surface area (Å²) in [5.41, 5.74) is 0.465. The van der Waals surface area contributed by atoms with Gasteiger partial charge in [0, 0.05) is 25.2 Å². The van der Waals surface area contributed by atoms with E-state index in [-0.39, 0.29) is 17.0 Å². The van der Waals surface area contributed by atoms with E-state index in [4.69, 9.17) is 34.8 Å². The summed E-state index contributed by atoms with van der Waals surface area (Å²) in [5, 5.41) is 4.16. The maximum atomic E-state index is 12.4. The van der Waals surface area contributed by atoms with Crippen LogP contribution in [0.3, 0.4) is 0 Å². The fourth-order valence-corrected chi connectivity index (χ4v) is 2.81. The van der Waals surface area contributed by atoms with E-state index in [0.29, 0.717) is 15.6 Å². The summed E-state index contributed by atoms with van der Waals surface area (Å²) in [6, 6.07) is 3.32. The van der Waals surface area contributed by atoms with Gasteiger partial charge in [-0.3, -0.25) is 4.79 Å². The van der Waals surface area contributed by atoms with Crippen LogP contribution in [0.1, 0.15) is 23.2 Å². The van der Waals surface area contributed by atoms with Gasteiger partial charge in [0.2, 0.25) is 0 Å². The van der Waals surface area contributed by atoms with E-state index in [1.165, 1.54) is 0 Å². The number of halogens is 3. The van der Waals surface area contributed by atoms with E-state index in [1.807, 2.05) is 0 Å². The van der Waals surface area contributed by atoms with Crippen molar-refractivity contribution in [2.45, 2.75) is 18.9 Å². The number of carbonyl (C=O) groups excluding carboxylic acids is 1. The molecule has 0 aliphatic carbocycles. The lowest BCUT2D eigenvalue weighted by Gasteiger charge is -2.31. The molecule has 0 aromatic heterocycles. The molecule has 1 fully saturated rings. The number of hydrogen-bond acceptors (Lipinski definition) is 2. The van der Waals surface area contributed by atoms with Gasteiger partial charge >= 0.3 is 0 Å². The van der Waals surface area contributed by atoms with Crippen LogP contribution in [0.4, 0.5) is 0 Å². The largest absolute Gasteiger partial charge is 0.337 e. The van der Waals surface area contributed by atoms with Gasteiger partial charge in [-0.2, -0.15) is 0 Å². The zero-order valence-electron chi connectivity index (χ0n) is 10.5. The lowest BCUT2D eigenvalue weighted by atomic mass is 10.1. The number of likely N-dealkylation sites (N-methyl/N-ethyl adjacent to an activating group) is 1. The molecule has 1 aliphatic heterocycles. The van der Waals surface area contributed by atoms with Crippen LogP contribution in [0.25, 0.3) is 0 Å². The second-order valence-corrected chi connectivity index (χ2v) is 5.86. The van der Waals surface area contributed by atoms with Crippen LogP contribution >= 0.6 is 34.8 Å². The van der Waals surface area contributed by atoms with Crippen LogP contribution in [0, 0.1) is 0 Å². The van der Waals surface area contributed by atoms with Crippen LogP contribution in [0.15, 0.2) is 12.1 Å². The predicted octanol–water partition coefficient (Wildman–Crippen LogP) is 3.47. The molecule has 1 heterocycles. The zero-order valence-corrected chi connectivity index (χ0v) is 12.8. The Morgan fingerprint density at radius 1 is 1.32 bits per heavy atom. The molecule has 19 heavy (non-hydrogen) atoms. The molecule has 1 atom stereocenters. The smallest absolute Gasteiger partial charge is 0.253 e. The highest BCUT2D eigenvalue weighted by Gasteiger charge is 2.23. The number of nitrogens with one attached hydrogen (secondary N) is 1. The Kier molecular flexibility index (Phi) is 4.96. The van der Waals surface area contributed by atoms with Crippen LogP contribution in [-0.4, -0.2) is 37.0 Å². The van der Waals surface area contributed by atoms with Crippen molar-refractivity contribution in [3.8, 4) is 0 Å². The molecule has 104 valence electrons. The molecule has 3 nitrogen and oxygen atoms in total. The van der Waals surface area contributed by atoms with E-state index in [1.54, 1.807) is 24.1 Å². The predicted molar refractivity (Wildman–Crippen MR) is 79.5 cm³/mol. The average Bonchev–Trinajstić information content (AvgIpc) is 2.43. The van der Waals surface area contributed by atoms with Crippen molar-refractivity contribution in [1.29, 1.82) is 0 Å². The zero-order chi connectivity index (χ0) is 14.0. The fraction of sp³-hybridized carbons (Fsp3) is 0.462. The third-order valence-electron chi connectivity index (χ3n) is 3.37. The number of amides is 1. The molecule has 0 saturated carbocycles. The van der Waals surface area contributed by atoms with Crippen LogP contribution in [0.5, 0.6) is 0 Å². The Morgan fingerprint density at radius 3 is 2.47 bits per heavy atom. The third kappa shape index (κ3) is 3.34. The molecule has 1 aromatic rings. The minimum atomic E-state index is -0.0887. The van der Waals surface area contributed by atoms with Gasteiger partial charge in [0.05, 0.1) is 15.1 Å². The van der Waals surface area contributed by atoms with Crippen molar-refractivity contribution in [2.24, 2.45) is 0 Å². The monoisotopic (exact) mass is 320 g/mol. The van der Waals surface area contributed by atoms with Crippen molar-refractivity contribution < 1.29 is 4.79 Å². The average molecular weight is 322 g/mol. The highest BCUT2D eigenvalue weighted by molar-refractivity contribution is 6.48. The lowest BCUT2D eigenvalue weighted by Crippen LogP contribution is -2.46. The maximum absolute atomic E-state index is 12.4. The van der Waals surface area contributed by atoms with Gasteiger partial charge in [0.25, 0.3) is 5.91 Å². The first kappa shape index (κ1) is 14.9. The van der Waals surface area contributed by atoms with Crippen molar-refractivity contribution >= 4 is 40.7 Å². The summed E-state index contributed by atoms with van der Waals surface area (Å²) >= 11 is 17.8. The van der Waals surface area contributed by atoms with Gasteiger partial charge in [0.1, 0.15) is 0 Å². The van der Waals surface area contributed by atoms with Gasteiger partial charge in [-0.1, -0.05) is 34.8 Å². The van der Waals surface area contributed by atoms with Crippen molar-refractivity contribution in [3.63, 3.8) is 0 Å². The summed E-state index contributed by atoms with van der Waals surface area (Å²) in [7, 11) is 1.80. The van der Waals surface area contributed by atoms with Crippen LogP contribution in [0.2, 0.25) is 15.1 Å². The summed E-state index contributed by atoms with van der Waals surface area (Å²) in [6.45, 7) is 1.83. The number of piperidine rings is 1. The Hall–Kier alpha value is -0.480. The molecule has 2 rings (SSSR count). The molecule has 1 saturated heterocycles. The van der Waals surface area contributed by atoms with Crippen molar-refractivity contribution in [2.75, 3.05) is 20.1 Å². The maximum Gasteiger partial charge on any atom is 0.253 e. The lowest BCUT2D eigenvalue weighted by molar-refractivity contribution is 0.0708. The highest BCUT2D eigenvalue weighted by Crippen LogP contribution is 2.31. The summed E-state index contributed by atoms with van der Waals surface area (Å²) in [5.74, 6) is -0.0887. The molecule has 1 N–H and O–H groups in total. The van der Waals surface area contributed by atoms with E-state index in [0.717, 1.165) is 25.9 Å². The van der Waals surface area contributed by atoms with Gasteiger partial charge < -0.3 is 10.2 Å². The van der Waals surface area contributed by atoms with Crippen LogP contribution < -0.4 is 5.32 Å². The molecule has 0 radical (unpaired) electrons. The van der Waals surface area contributed by atoms with Gasteiger partial charge in [0.15, 0.2) is 0 Å². The molecular formula is C13H15Cl3N2O. The molecule has 0 bridgehead atoms.